The van der Waals surface area contributed by atoms with E-state index < -0.39 is 4.92 Å². The number of furan rings is 1. The van der Waals surface area contributed by atoms with Crippen LogP contribution in [0.15, 0.2) is 59.0 Å². The molecule has 0 fully saturated rings. The molecule has 3 rings (SSSR count). The molecule has 114 valence electrons. The second-order valence-electron chi connectivity index (χ2n) is 5.15. The number of ketones is 1. The fourth-order valence-electron chi connectivity index (χ4n) is 2.28. The van der Waals surface area contributed by atoms with Crippen LogP contribution in [0.2, 0.25) is 0 Å². The minimum Gasteiger partial charge on any atom is -0.453 e. The number of hydrogen-bond donors (Lipinski definition) is 0. The van der Waals surface area contributed by atoms with Crippen LogP contribution in [0.3, 0.4) is 0 Å². The summed E-state index contributed by atoms with van der Waals surface area (Å²) >= 11 is 0. The van der Waals surface area contributed by atoms with Gasteiger partial charge >= 0.3 is 0 Å². The fourth-order valence-corrected chi connectivity index (χ4v) is 2.28. The van der Waals surface area contributed by atoms with Gasteiger partial charge in [0.1, 0.15) is 5.58 Å². The summed E-state index contributed by atoms with van der Waals surface area (Å²) < 4.78 is 5.49. The molecule has 0 aliphatic rings. The second kappa shape index (κ2) is 5.88. The Morgan fingerprint density at radius 3 is 2.70 bits per heavy atom. The van der Waals surface area contributed by atoms with E-state index in [-0.39, 0.29) is 17.2 Å². The van der Waals surface area contributed by atoms with E-state index in [1.54, 1.807) is 37.3 Å². The molecular formula is C18H13NO4. The first-order valence-corrected chi connectivity index (χ1v) is 7.00. The van der Waals surface area contributed by atoms with Crippen LogP contribution in [0.5, 0.6) is 0 Å². The first-order valence-electron chi connectivity index (χ1n) is 7.00. The third kappa shape index (κ3) is 3.03. The van der Waals surface area contributed by atoms with Crippen molar-refractivity contribution in [2.45, 2.75) is 6.92 Å². The van der Waals surface area contributed by atoms with Gasteiger partial charge in [-0.3, -0.25) is 14.9 Å². The number of hydrogen-bond acceptors (Lipinski definition) is 4. The van der Waals surface area contributed by atoms with Crippen molar-refractivity contribution in [3.05, 3.63) is 81.6 Å². The van der Waals surface area contributed by atoms with Gasteiger partial charge in [-0.2, -0.15) is 0 Å². The van der Waals surface area contributed by atoms with E-state index in [9.17, 15) is 14.9 Å². The largest absolute Gasteiger partial charge is 0.453 e. The summed E-state index contributed by atoms with van der Waals surface area (Å²) in [7, 11) is 0. The number of carbonyl (C=O) groups is 1. The zero-order chi connectivity index (χ0) is 16.4. The smallest absolute Gasteiger partial charge is 0.272 e. The lowest BCUT2D eigenvalue weighted by molar-refractivity contribution is -0.385. The van der Waals surface area contributed by atoms with Gasteiger partial charge < -0.3 is 4.42 Å². The molecule has 2 aromatic carbocycles. The Kier molecular flexibility index (Phi) is 3.76. The first kappa shape index (κ1) is 14.7. The van der Waals surface area contributed by atoms with Crippen molar-refractivity contribution in [1.29, 1.82) is 0 Å². The highest BCUT2D eigenvalue weighted by Gasteiger charge is 2.11. The number of carbonyl (C=O) groups excluding carboxylic acids is 1. The van der Waals surface area contributed by atoms with Crippen LogP contribution < -0.4 is 0 Å². The Bertz CT molecular complexity index is 904. The van der Waals surface area contributed by atoms with E-state index in [1.165, 1.54) is 12.1 Å². The van der Waals surface area contributed by atoms with Crippen LogP contribution in [-0.4, -0.2) is 10.7 Å². The van der Waals surface area contributed by atoms with Crippen LogP contribution in [-0.2, 0) is 0 Å². The topological polar surface area (TPSA) is 73.3 Å². The van der Waals surface area contributed by atoms with Gasteiger partial charge in [-0.05, 0) is 30.7 Å². The van der Waals surface area contributed by atoms with Gasteiger partial charge in [0.15, 0.2) is 5.76 Å². The summed E-state index contributed by atoms with van der Waals surface area (Å²) in [5, 5.41) is 11.8. The second-order valence-corrected chi connectivity index (χ2v) is 5.15. The SMILES string of the molecule is Cc1ccc(/C=C/C(=O)c2cc3ccccc3o2)cc1[N+](=O)[O-]. The molecule has 5 nitrogen and oxygen atoms in total. The molecule has 0 amide bonds. The number of nitro groups is 1. The van der Waals surface area contributed by atoms with Crippen LogP contribution >= 0.6 is 0 Å². The predicted molar refractivity (Wildman–Crippen MR) is 87.4 cm³/mol. The first-order chi connectivity index (χ1) is 11.0. The highest BCUT2D eigenvalue weighted by Crippen LogP contribution is 2.21. The number of rotatable bonds is 4. The lowest BCUT2D eigenvalue weighted by Crippen LogP contribution is -1.93. The van der Waals surface area contributed by atoms with Gasteiger partial charge in [0, 0.05) is 17.0 Å². The maximum atomic E-state index is 12.2. The lowest BCUT2D eigenvalue weighted by Gasteiger charge is -1.98. The summed E-state index contributed by atoms with van der Waals surface area (Å²) in [6.45, 7) is 1.67. The highest BCUT2D eigenvalue weighted by atomic mass is 16.6. The maximum absolute atomic E-state index is 12.2. The number of aryl methyl sites for hydroxylation is 1. The summed E-state index contributed by atoms with van der Waals surface area (Å²) in [4.78, 5) is 22.7. The van der Waals surface area contributed by atoms with E-state index in [0.29, 0.717) is 16.7 Å². The maximum Gasteiger partial charge on any atom is 0.272 e. The minimum absolute atomic E-state index is 0.0309. The molecule has 0 aliphatic heterocycles. The summed E-state index contributed by atoms with van der Waals surface area (Å²) in [6.07, 6.45) is 2.90. The van der Waals surface area contributed by atoms with Crippen molar-refractivity contribution in [2.24, 2.45) is 0 Å². The third-order valence-electron chi connectivity index (χ3n) is 3.53. The molecule has 0 bridgehead atoms. The molecule has 0 unspecified atom stereocenters. The average molecular weight is 307 g/mol. The minimum atomic E-state index is -0.437. The summed E-state index contributed by atoms with van der Waals surface area (Å²) in [5.41, 5.74) is 1.85. The molecule has 1 heterocycles. The van der Waals surface area contributed by atoms with Gasteiger partial charge in [-0.15, -0.1) is 0 Å². The average Bonchev–Trinajstić information content (AvgIpc) is 2.97. The predicted octanol–water partition coefficient (Wildman–Crippen LogP) is 4.55. The van der Waals surface area contributed by atoms with Crippen molar-refractivity contribution >= 4 is 28.5 Å². The van der Waals surface area contributed by atoms with Crippen LogP contribution in [0, 0.1) is 17.0 Å². The molecule has 3 aromatic rings. The van der Waals surface area contributed by atoms with E-state index in [0.717, 1.165) is 5.39 Å². The standard InChI is InChI=1S/C18H13NO4/c1-12-6-7-13(10-15(12)19(21)22)8-9-16(20)18-11-14-4-2-3-5-17(14)23-18/h2-11H,1H3/b9-8+. The molecule has 1 aromatic heterocycles. The third-order valence-corrected chi connectivity index (χ3v) is 3.53. The number of fused-ring (bicyclic) bond motifs is 1. The molecule has 23 heavy (non-hydrogen) atoms. The van der Waals surface area contributed by atoms with Gasteiger partial charge in [-0.1, -0.05) is 36.4 Å². The van der Waals surface area contributed by atoms with Gasteiger partial charge in [0.25, 0.3) is 5.69 Å². The van der Waals surface area contributed by atoms with Crippen molar-refractivity contribution in [3.63, 3.8) is 0 Å². The molecule has 0 spiro atoms. The zero-order valence-corrected chi connectivity index (χ0v) is 12.4. The zero-order valence-electron chi connectivity index (χ0n) is 12.4. The number of nitro benzene ring substituents is 1. The fraction of sp³-hybridized carbons (Fsp3) is 0.0556. The van der Waals surface area contributed by atoms with Crippen molar-refractivity contribution < 1.29 is 14.1 Å². The Labute approximate surface area is 132 Å². The van der Waals surface area contributed by atoms with Gasteiger partial charge in [0.05, 0.1) is 4.92 Å². The van der Waals surface area contributed by atoms with E-state index >= 15 is 0 Å². The lowest BCUT2D eigenvalue weighted by atomic mass is 10.1. The Balaban J connectivity index is 1.86. The normalized spacial score (nSPS) is 11.2. The number of benzene rings is 2. The molecule has 0 saturated heterocycles. The molecule has 0 radical (unpaired) electrons. The van der Waals surface area contributed by atoms with Crippen molar-refractivity contribution in [3.8, 4) is 0 Å². The number of allylic oxidation sites excluding steroid dienone is 1. The Hall–Kier alpha value is -3.21. The monoisotopic (exact) mass is 307 g/mol. The van der Waals surface area contributed by atoms with Crippen molar-refractivity contribution in [1.82, 2.24) is 0 Å². The van der Waals surface area contributed by atoms with Crippen LogP contribution in [0.4, 0.5) is 5.69 Å². The van der Waals surface area contributed by atoms with Crippen LogP contribution in [0.1, 0.15) is 21.7 Å². The molecule has 5 heteroatoms. The number of nitrogens with zero attached hydrogens (tertiary/aromatic N) is 1. The molecule has 0 atom stereocenters. The quantitative estimate of drug-likeness (QED) is 0.307. The highest BCUT2D eigenvalue weighted by molar-refractivity contribution is 6.06. The molecular weight excluding hydrogens is 294 g/mol. The molecule has 0 aliphatic carbocycles. The van der Waals surface area contributed by atoms with Crippen molar-refractivity contribution in [2.75, 3.05) is 0 Å². The van der Waals surface area contributed by atoms with E-state index in [1.807, 2.05) is 18.2 Å². The number of para-hydroxylation sites is 1. The van der Waals surface area contributed by atoms with Crippen LogP contribution in [0.25, 0.3) is 17.0 Å². The van der Waals surface area contributed by atoms with E-state index in [4.69, 9.17) is 4.42 Å². The van der Waals surface area contributed by atoms with Gasteiger partial charge in [-0.25, -0.2) is 0 Å². The summed E-state index contributed by atoms with van der Waals surface area (Å²) in [5.74, 6) is -0.0477. The Morgan fingerprint density at radius 1 is 1.17 bits per heavy atom. The van der Waals surface area contributed by atoms with Gasteiger partial charge in [0.2, 0.25) is 5.78 Å². The van der Waals surface area contributed by atoms with E-state index in [2.05, 4.69) is 0 Å². The Morgan fingerprint density at radius 2 is 1.96 bits per heavy atom. The summed E-state index contributed by atoms with van der Waals surface area (Å²) in [6, 6.07) is 13.9. The molecule has 0 N–H and O–H groups in total. The molecule has 0 saturated carbocycles.